The minimum atomic E-state index is -0.586. The molecule has 0 aliphatic carbocycles. The van der Waals surface area contributed by atoms with Crippen molar-refractivity contribution in [3.8, 4) is 0 Å². The minimum absolute atomic E-state index is 0.144. The van der Waals surface area contributed by atoms with Crippen LogP contribution in [0.25, 0.3) is 5.65 Å². The van der Waals surface area contributed by atoms with E-state index in [1.165, 1.54) is 0 Å². The van der Waals surface area contributed by atoms with Crippen LogP contribution in [0.2, 0.25) is 0 Å². The lowest BCUT2D eigenvalue weighted by atomic mass is 9.96. The summed E-state index contributed by atoms with van der Waals surface area (Å²) in [4.78, 5) is 0. The molecule has 2 N–H and O–H groups in total. The number of aliphatic hydroxyl groups excluding tert-OH is 1. The summed E-state index contributed by atoms with van der Waals surface area (Å²) in [5, 5.41) is 26.3. The molecule has 0 fully saturated rings. The van der Waals surface area contributed by atoms with Gasteiger partial charge in [0.15, 0.2) is 11.5 Å². The van der Waals surface area contributed by atoms with Gasteiger partial charge < -0.3 is 10.4 Å². The summed E-state index contributed by atoms with van der Waals surface area (Å²) >= 11 is 0. The van der Waals surface area contributed by atoms with Crippen molar-refractivity contribution >= 4 is 11.5 Å². The van der Waals surface area contributed by atoms with E-state index in [4.69, 9.17) is 0 Å². The molecule has 6 heteroatoms. The zero-order valence-corrected chi connectivity index (χ0v) is 13.6. The fraction of sp³-hybridized carbons (Fsp3) is 0.353. The molecule has 0 bridgehead atoms. The molecule has 0 saturated heterocycles. The summed E-state index contributed by atoms with van der Waals surface area (Å²) < 4.78 is 1.75. The molecule has 0 saturated carbocycles. The molecule has 1 atom stereocenters. The maximum Gasteiger partial charge on any atom is 0.178 e. The Balaban J connectivity index is 1.78. The van der Waals surface area contributed by atoms with Gasteiger partial charge in [-0.15, -0.1) is 15.3 Å². The van der Waals surface area contributed by atoms with E-state index < -0.39 is 6.10 Å². The van der Waals surface area contributed by atoms with Gasteiger partial charge in [-0.1, -0.05) is 51.1 Å². The zero-order chi connectivity index (χ0) is 16.4. The maximum atomic E-state index is 10.2. The van der Waals surface area contributed by atoms with Gasteiger partial charge in [0.1, 0.15) is 5.82 Å². The summed E-state index contributed by atoms with van der Waals surface area (Å²) in [6, 6.07) is 13.3. The Bertz CT molecular complexity index is 792. The first-order chi connectivity index (χ1) is 10.9. The van der Waals surface area contributed by atoms with E-state index in [1.807, 2.05) is 42.5 Å². The Morgan fingerprint density at radius 1 is 1.09 bits per heavy atom. The number of aliphatic hydroxyl groups is 1. The third-order valence-electron chi connectivity index (χ3n) is 3.59. The van der Waals surface area contributed by atoms with Crippen molar-refractivity contribution in [1.29, 1.82) is 0 Å². The van der Waals surface area contributed by atoms with Crippen LogP contribution in [0.1, 0.15) is 38.3 Å². The number of rotatable bonds is 4. The smallest absolute Gasteiger partial charge is 0.178 e. The van der Waals surface area contributed by atoms with Crippen molar-refractivity contribution in [3.63, 3.8) is 0 Å². The molecule has 0 aliphatic rings. The first-order valence-electron chi connectivity index (χ1n) is 7.65. The molecular weight excluding hydrogens is 290 g/mol. The lowest BCUT2D eigenvalue weighted by molar-refractivity contribution is 0.191. The van der Waals surface area contributed by atoms with Crippen LogP contribution in [0, 0.1) is 0 Å². The molecule has 0 spiro atoms. The van der Waals surface area contributed by atoms with Crippen molar-refractivity contribution in [2.45, 2.75) is 32.3 Å². The number of benzene rings is 1. The Morgan fingerprint density at radius 3 is 2.52 bits per heavy atom. The molecule has 3 aromatic rings. The van der Waals surface area contributed by atoms with Crippen LogP contribution in [-0.4, -0.2) is 31.5 Å². The van der Waals surface area contributed by atoms with Crippen molar-refractivity contribution in [2.24, 2.45) is 0 Å². The van der Waals surface area contributed by atoms with Crippen LogP contribution >= 0.6 is 0 Å². The van der Waals surface area contributed by atoms with Crippen LogP contribution in [0.15, 0.2) is 42.5 Å². The second kappa shape index (κ2) is 5.96. The van der Waals surface area contributed by atoms with Crippen LogP contribution < -0.4 is 5.32 Å². The number of anilines is 1. The Hall–Kier alpha value is -2.47. The lowest BCUT2D eigenvalue weighted by Crippen LogP contribution is -2.18. The van der Waals surface area contributed by atoms with Crippen LogP contribution in [-0.2, 0) is 5.41 Å². The number of nitrogens with one attached hydrogen (secondary N) is 1. The number of aromatic nitrogens is 4. The highest BCUT2D eigenvalue weighted by molar-refractivity contribution is 5.44. The van der Waals surface area contributed by atoms with Crippen molar-refractivity contribution in [2.75, 3.05) is 11.9 Å². The molecule has 120 valence electrons. The lowest BCUT2D eigenvalue weighted by Gasteiger charge is -2.16. The number of hydrogen-bond donors (Lipinski definition) is 2. The fourth-order valence-corrected chi connectivity index (χ4v) is 2.35. The van der Waals surface area contributed by atoms with Crippen molar-refractivity contribution in [3.05, 3.63) is 53.9 Å². The minimum Gasteiger partial charge on any atom is -0.387 e. The third-order valence-corrected chi connectivity index (χ3v) is 3.59. The average molecular weight is 311 g/mol. The van der Waals surface area contributed by atoms with Gasteiger partial charge in [0.05, 0.1) is 6.10 Å². The topological polar surface area (TPSA) is 75.3 Å². The van der Waals surface area contributed by atoms with Gasteiger partial charge in [-0.2, -0.15) is 4.52 Å². The number of hydrogen-bond acceptors (Lipinski definition) is 5. The summed E-state index contributed by atoms with van der Waals surface area (Å²) in [5.74, 6) is 1.48. The number of nitrogens with zero attached hydrogens (tertiary/aromatic N) is 4. The second-order valence-electron chi connectivity index (χ2n) is 6.57. The third kappa shape index (κ3) is 3.32. The maximum absolute atomic E-state index is 10.2. The molecule has 3 rings (SSSR count). The van der Waals surface area contributed by atoms with Crippen LogP contribution in [0.4, 0.5) is 5.82 Å². The van der Waals surface area contributed by atoms with E-state index in [2.05, 4.69) is 41.4 Å². The molecule has 23 heavy (non-hydrogen) atoms. The van der Waals surface area contributed by atoms with Gasteiger partial charge in [0.2, 0.25) is 0 Å². The first kappa shape index (κ1) is 15.4. The summed E-state index contributed by atoms with van der Waals surface area (Å²) in [7, 11) is 0. The van der Waals surface area contributed by atoms with Gasteiger partial charge in [0, 0.05) is 12.0 Å². The predicted octanol–water partition coefficient (Wildman–Crippen LogP) is 2.57. The monoisotopic (exact) mass is 311 g/mol. The molecule has 6 nitrogen and oxygen atoms in total. The van der Waals surface area contributed by atoms with E-state index in [-0.39, 0.29) is 5.41 Å². The first-order valence-corrected chi connectivity index (χ1v) is 7.65. The summed E-state index contributed by atoms with van der Waals surface area (Å²) in [6.45, 7) is 6.61. The quantitative estimate of drug-likeness (QED) is 0.774. The molecule has 1 unspecified atom stereocenters. The highest BCUT2D eigenvalue weighted by atomic mass is 16.3. The Labute approximate surface area is 135 Å². The average Bonchev–Trinajstić information content (AvgIpc) is 2.96. The summed E-state index contributed by atoms with van der Waals surface area (Å²) in [6.07, 6.45) is -0.586. The second-order valence-corrected chi connectivity index (χ2v) is 6.57. The zero-order valence-electron chi connectivity index (χ0n) is 13.6. The molecule has 2 heterocycles. The largest absolute Gasteiger partial charge is 0.387 e. The normalized spacial score (nSPS) is 13.2. The standard InChI is InChI=1S/C17H21N5O/c1-17(2,3)16-20-19-15-10-9-14(21-22(15)16)18-11-13(23)12-7-5-4-6-8-12/h4-10,13,23H,11H2,1-3H3,(H,18,21). The van der Waals surface area contributed by atoms with E-state index in [0.717, 1.165) is 11.4 Å². The van der Waals surface area contributed by atoms with Gasteiger partial charge in [-0.05, 0) is 17.7 Å². The molecule has 2 aromatic heterocycles. The van der Waals surface area contributed by atoms with Crippen molar-refractivity contribution in [1.82, 2.24) is 19.8 Å². The number of fused-ring (bicyclic) bond motifs is 1. The van der Waals surface area contributed by atoms with Crippen molar-refractivity contribution < 1.29 is 5.11 Å². The highest BCUT2D eigenvalue weighted by Gasteiger charge is 2.21. The van der Waals surface area contributed by atoms with E-state index in [9.17, 15) is 5.11 Å². The van der Waals surface area contributed by atoms with E-state index >= 15 is 0 Å². The van der Waals surface area contributed by atoms with Crippen LogP contribution in [0.3, 0.4) is 0 Å². The molecule has 0 radical (unpaired) electrons. The van der Waals surface area contributed by atoms with Gasteiger partial charge in [0.25, 0.3) is 0 Å². The van der Waals surface area contributed by atoms with Gasteiger partial charge in [-0.25, -0.2) is 0 Å². The molecule has 0 aliphatic heterocycles. The molecule has 1 aromatic carbocycles. The van der Waals surface area contributed by atoms with E-state index in [0.29, 0.717) is 18.0 Å². The predicted molar refractivity (Wildman–Crippen MR) is 89.4 cm³/mol. The summed E-state index contributed by atoms with van der Waals surface area (Å²) in [5.41, 5.74) is 1.44. The van der Waals surface area contributed by atoms with Crippen LogP contribution in [0.5, 0.6) is 0 Å². The Kier molecular flexibility index (Phi) is 4.00. The van der Waals surface area contributed by atoms with Gasteiger partial charge >= 0.3 is 0 Å². The van der Waals surface area contributed by atoms with E-state index in [1.54, 1.807) is 4.52 Å². The highest BCUT2D eigenvalue weighted by Crippen LogP contribution is 2.21. The molecular formula is C17H21N5O. The molecule has 0 amide bonds. The Morgan fingerprint density at radius 2 is 1.83 bits per heavy atom. The fourth-order valence-electron chi connectivity index (χ4n) is 2.35. The van der Waals surface area contributed by atoms with Gasteiger partial charge in [-0.3, -0.25) is 0 Å². The SMILES string of the molecule is CC(C)(C)c1nnc2ccc(NCC(O)c3ccccc3)nn12.